The Labute approximate surface area is 181 Å². The molecule has 6 nitrogen and oxygen atoms in total. The van der Waals surface area contributed by atoms with Gasteiger partial charge in [0.05, 0.1) is 6.61 Å². The largest absolute Gasteiger partial charge is 0.490 e. The van der Waals surface area contributed by atoms with Gasteiger partial charge in [0.2, 0.25) is 0 Å². The van der Waals surface area contributed by atoms with Crippen LogP contribution in [-0.4, -0.2) is 68.2 Å². The van der Waals surface area contributed by atoms with Gasteiger partial charge in [-0.1, -0.05) is 6.07 Å². The zero-order valence-electron chi connectivity index (χ0n) is 17.8. The summed E-state index contributed by atoms with van der Waals surface area (Å²) in [4.78, 5) is 16.8. The smallest absolute Gasteiger partial charge is 0.260 e. The van der Waals surface area contributed by atoms with Gasteiger partial charge in [-0.3, -0.25) is 9.69 Å². The summed E-state index contributed by atoms with van der Waals surface area (Å²) in [7, 11) is 2.04. The average Bonchev–Trinajstić information content (AvgIpc) is 2.74. The number of benzene rings is 1. The predicted octanol–water partition coefficient (Wildman–Crippen LogP) is 3.08. The predicted molar refractivity (Wildman–Crippen MR) is 118 cm³/mol. The molecule has 1 unspecified atom stereocenters. The Kier molecular flexibility index (Phi) is 10.0. The molecule has 1 amide bonds. The third-order valence-electron chi connectivity index (χ3n) is 5.69. The fourth-order valence-corrected chi connectivity index (χ4v) is 4.11. The number of piperidine rings is 2. The van der Waals surface area contributed by atoms with Gasteiger partial charge in [0.15, 0.2) is 18.1 Å². The van der Waals surface area contributed by atoms with Crippen LogP contribution in [0.1, 0.15) is 44.6 Å². The van der Waals surface area contributed by atoms with Gasteiger partial charge < -0.3 is 19.7 Å². The van der Waals surface area contributed by atoms with Gasteiger partial charge in [-0.15, -0.1) is 12.4 Å². The van der Waals surface area contributed by atoms with E-state index >= 15 is 0 Å². The van der Waals surface area contributed by atoms with E-state index in [1.165, 1.54) is 24.8 Å². The van der Waals surface area contributed by atoms with Crippen molar-refractivity contribution in [2.24, 2.45) is 0 Å². The first-order chi connectivity index (χ1) is 13.7. The summed E-state index contributed by atoms with van der Waals surface area (Å²) in [5.74, 6) is 1.45. The molecule has 1 atom stereocenters. The minimum absolute atomic E-state index is 0. The molecule has 0 aliphatic carbocycles. The normalized spacial score (nSPS) is 20.1. The summed E-state index contributed by atoms with van der Waals surface area (Å²) < 4.78 is 11.7. The van der Waals surface area contributed by atoms with Crippen LogP contribution in [0.5, 0.6) is 11.5 Å². The van der Waals surface area contributed by atoms with Crippen LogP contribution in [0.15, 0.2) is 18.2 Å². The molecular weight excluding hydrogens is 390 g/mol. The van der Waals surface area contributed by atoms with Crippen molar-refractivity contribution in [3.05, 3.63) is 23.8 Å². The van der Waals surface area contributed by atoms with E-state index in [4.69, 9.17) is 9.47 Å². The lowest BCUT2D eigenvalue weighted by molar-refractivity contribution is -0.134. The van der Waals surface area contributed by atoms with Gasteiger partial charge in [-0.05, 0) is 70.3 Å². The minimum atomic E-state index is 0. The number of hydrogen-bond acceptors (Lipinski definition) is 5. The summed E-state index contributed by atoms with van der Waals surface area (Å²) in [5.41, 5.74) is 1.22. The highest BCUT2D eigenvalue weighted by molar-refractivity contribution is 5.85. The van der Waals surface area contributed by atoms with Crippen LogP contribution in [-0.2, 0) is 11.3 Å². The number of likely N-dealkylation sites (N-methyl/N-ethyl adjacent to an activating group) is 1. The molecule has 2 saturated heterocycles. The second-order valence-electron chi connectivity index (χ2n) is 7.81. The standard InChI is InChI=1S/C22H35N3O3.ClH/c1-3-27-21-14-18(15-24-11-7-8-19(16-24)23-2)9-10-20(21)28-17-22(26)25-12-5-4-6-13-25;/h9-10,14,19,23H,3-8,11-13,15-17H2,1-2H3;1H. The minimum Gasteiger partial charge on any atom is -0.490 e. The van der Waals surface area contributed by atoms with E-state index in [-0.39, 0.29) is 24.9 Å². The Morgan fingerprint density at radius 1 is 1.10 bits per heavy atom. The fraction of sp³-hybridized carbons (Fsp3) is 0.682. The van der Waals surface area contributed by atoms with Crippen molar-refractivity contribution in [3.63, 3.8) is 0 Å². The van der Waals surface area contributed by atoms with Crippen molar-refractivity contribution in [1.82, 2.24) is 15.1 Å². The monoisotopic (exact) mass is 425 g/mol. The summed E-state index contributed by atoms with van der Waals surface area (Å²) in [6.07, 6.45) is 5.87. The lowest BCUT2D eigenvalue weighted by atomic mass is 10.0. The highest BCUT2D eigenvalue weighted by atomic mass is 35.5. The number of halogens is 1. The Hall–Kier alpha value is -1.50. The van der Waals surface area contributed by atoms with Crippen LogP contribution < -0.4 is 14.8 Å². The quantitative estimate of drug-likeness (QED) is 0.693. The highest BCUT2D eigenvalue weighted by Gasteiger charge is 2.20. The maximum Gasteiger partial charge on any atom is 0.260 e. The Morgan fingerprint density at radius 2 is 1.90 bits per heavy atom. The van der Waals surface area contributed by atoms with E-state index < -0.39 is 0 Å². The first-order valence-corrected chi connectivity index (χ1v) is 10.8. The van der Waals surface area contributed by atoms with E-state index in [1.807, 2.05) is 24.9 Å². The number of hydrogen-bond donors (Lipinski definition) is 1. The van der Waals surface area contributed by atoms with Crippen molar-refractivity contribution >= 4 is 18.3 Å². The van der Waals surface area contributed by atoms with E-state index in [1.54, 1.807) is 0 Å². The van der Waals surface area contributed by atoms with Crippen molar-refractivity contribution in [2.75, 3.05) is 46.4 Å². The van der Waals surface area contributed by atoms with Crippen LogP contribution in [0.25, 0.3) is 0 Å². The molecule has 7 heteroatoms. The van der Waals surface area contributed by atoms with Gasteiger partial charge in [0, 0.05) is 32.2 Å². The van der Waals surface area contributed by atoms with Crippen LogP contribution in [0, 0.1) is 0 Å². The molecule has 1 aromatic carbocycles. The Morgan fingerprint density at radius 3 is 2.62 bits per heavy atom. The maximum absolute atomic E-state index is 12.4. The molecule has 3 rings (SSSR count). The van der Waals surface area contributed by atoms with Crippen molar-refractivity contribution in [1.29, 1.82) is 0 Å². The second-order valence-corrected chi connectivity index (χ2v) is 7.81. The number of amides is 1. The molecule has 2 aliphatic heterocycles. The lowest BCUT2D eigenvalue weighted by Crippen LogP contribution is -2.43. The van der Waals surface area contributed by atoms with Crippen LogP contribution in [0.3, 0.4) is 0 Å². The van der Waals surface area contributed by atoms with Gasteiger partial charge in [0.1, 0.15) is 0 Å². The summed E-state index contributed by atoms with van der Waals surface area (Å²) >= 11 is 0. The molecule has 2 fully saturated rings. The zero-order valence-corrected chi connectivity index (χ0v) is 18.6. The lowest BCUT2D eigenvalue weighted by Gasteiger charge is -2.32. The van der Waals surface area contributed by atoms with Gasteiger partial charge in [-0.2, -0.15) is 0 Å². The fourth-order valence-electron chi connectivity index (χ4n) is 4.11. The third kappa shape index (κ3) is 7.05. The summed E-state index contributed by atoms with van der Waals surface area (Å²) in [6.45, 7) is 7.43. The number of likely N-dealkylation sites (tertiary alicyclic amines) is 2. The Balaban J connectivity index is 0.00000300. The van der Waals surface area contributed by atoms with Gasteiger partial charge >= 0.3 is 0 Å². The molecule has 0 bridgehead atoms. The number of ether oxygens (including phenoxy) is 2. The van der Waals surface area contributed by atoms with E-state index in [0.717, 1.165) is 51.3 Å². The Bertz CT molecular complexity index is 638. The molecule has 0 saturated carbocycles. The van der Waals surface area contributed by atoms with E-state index in [9.17, 15) is 4.79 Å². The van der Waals surface area contributed by atoms with Gasteiger partial charge in [0.25, 0.3) is 5.91 Å². The summed E-state index contributed by atoms with van der Waals surface area (Å²) in [6, 6.07) is 6.67. The van der Waals surface area contributed by atoms with Crippen molar-refractivity contribution in [3.8, 4) is 11.5 Å². The van der Waals surface area contributed by atoms with Crippen LogP contribution >= 0.6 is 12.4 Å². The molecule has 0 spiro atoms. The first kappa shape index (κ1) is 23.8. The van der Waals surface area contributed by atoms with Crippen LogP contribution in [0.2, 0.25) is 0 Å². The maximum atomic E-state index is 12.4. The van der Waals surface area contributed by atoms with E-state index in [0.29, 0.717) is 18.4 Å². The number of carbonyl (C=O) groups is 1. The molecule has 0 radical (unpaired) electrons. The number of carbonyl (C=O) groups excluding carboxylic acids is 1. The van der Waals surface area contributed by atoms with E-state index in [2.05, 4.69) is 22.3 Å². The molecule has 29 heavy (non-hydrogen) atoms. The molecule has 2 heterocycles. The summed E-state index contributed by atoms with van der Waals surface area (Å²) in [5, 5.41) is 3.39. The highest BCUT2D eigenvalue weighted by Crippen LogP contribution is 2.29. The SMILES string of the molecule is CCOc1cc(CN2CCCC(NC)C2)ccc1OCC(=O)N1CCCCC1.Cl. The number of rotatable bonds is 8. The average molecular weight is 426 g/mol. The topological polar surface area (TPSA) is 54.0 Å². The first-order valence-electron chi connectivity index (χ1n) is 10.8. The van der Waals surface area contributed by atoms with Crippen LogP contribution in [0.4, 0.5) is 0 Å². The van der Waals surface area contributed by atoms with Gasteiger partial charge in [-0.25, -0.2) is 0 Å². The molecule has 1 aromatic rings. The third-order valence-corrected chi connectivity index (χ3v) is 5.69. The number of nitrogens with zero attached hydrogens (tertiary/aromatic N) is 2. The van der Waals surface area contributed by atoms with Crippen molar-refractivity contribution < 1.29 is 14.3 Å². The molecule has 2 aliphatic rings. The molecule has 1 N–H and O–H groups in total. The molecule has 164 valence electrons. The zero-order chi connectivity index (χ0) is 19.8. The molecular formula is C22H36ClN3O3. The molecule has 0 aromatic heterocycles. The number of nitrogens with one attached hydrogen (secondary N) is 1. The second kappa shape index (κ2) is 12.3. The van der Waals surface area contributed by atoms with Crippen molar-refractivity contribution in [2.45, 2.75) is 51.6 Å².